The summed E-state index contributed by atoms with van der Waals surface area (Å²) in [6, 6.07) is 18.1. The average molecular weight is 497 g/mol. The largest absolute Gasteiger partial charge is 0.516 e. The second-order valence-corrected chi connectivity index (χ2v) is 9.69. The minimum absolute atomic E-state index is 0.105. The Hall–Kier alpha value is -3.35. The summed E-state index contributed by atoms with van der Waals surface area (Å²) in [5, 5.41) is 11.6. The molecule has 3 heterocycles. The van der Waals surface area contributed by atoms with Crippen LogP contribution in [0.3, 0.4) is 0 Å². The van der Waals surface area contributed by atoms with Gasteiger partial charge in [-0.25, -0.2) is 9.48 Å². The van der Waals surface area contributed by atoms with Gasteiger partial charge in [0.2, 0.25) is 16.9 Å². The Balaban J connectivity index is 1.43. The van der Waals surface area contributed by atoms with Crippen molar-refractivity contribution in [2.75, 3.05) is 5.75 Å². The lowest BCUT2D eigenvalue weighted by Crippen LogP contribution is -2.68. The van der Waals surface area contributed by atoms with Crippen LogP contribution in [0.4, 0.5) is 4.79 Å². The number of carbonyl (C=O) groups excluding carboxylic acids is 2. The quantitative estimate of drug-likeness (QED) is 0.402. The highest BCUT2D eigenvalue weighted by Crippen LogP contribution is 2.44. The number of ether oxygens (including phenoxy) is 2. The third-order valence-electron chi connectivity index (χ3n) is 5.32. The van der Waals surface area contributed by atoms with E-state index in [1.807, 2.05) is 60.7 Å². The van der Waals surface area contributed by atoms with Gasteiger partial charge in [0.15, 0.2) is 6.10 Å². The molecule has 0 spiro atoms. The maximum atomic E-state index is 13.0. The number of aryl methyl sites for hydroxylation is 1. The summed E-state index contributed by atoms with van der Waals surface area (Å²) >= 11 is 2.71. The van der Waals surface area contributed by atoms with E-state index in [4.69, 9.17) is 15.2 Å². The van der Waals surface area contributed by atoms with E-state index in [2.05, 4.69) is 15.5 Å². The number of fused-ring (bicyclic) bond motifs is 1. The molecule has 174 valence electrons. The van der Waals surface area contributed by atoms with E-state index < -0.39 is 18.3 Å². The first-order valence-corrected chi connectivity index (χ1v) is 12.2. The zero-order valence-electron chi connectivity index (χ0n) is 18.0. The number of hydrogen-bond donors (Lipinski definition) is 1. The van der Waals surface area contributed by atoms with Crippen LogP contribution in [-0.4, -0.2) is 54.3 Å². The van der Waals surface area contributed by atoms with Crippen LogP contribution in [0.1, 0.15) is 17.2 Å². The molecule has 0 bridgehead atoms. The fourth-order valence-corrected chi connectivity index (χ4v) is 5.87. The SMILES string of the molecule is Cn1nnnc1SC1=C(OC(=O)OC(c2ccccc2)c2ccccc2)N2C(=O)[C@@H](N)[C@@H]2SC1. The van der Waals surface area contributed by atoms with E-state index in [-0.39, 0.29) is 17.2 Å². The zero-order chi connectivity index (χ0) is 23.7. The van der Waals surface area contributed by atoms with E-state index in [0.29, 0.717) is 15.8 Å². The van der Waals surface area contributed by atoms with Crippen molar-refractivity contribution in [3.05, 3.63) is 82.6 Å². The Morgan fingerprint density at radius 1 is 1.15 bits per heavy atom. The third-order valence-corrected chi connectivity index (χ3v) is 7.90. The summed E-state index contributed by atoms with van der Waals surface area (Å²) in [6.45, 7) is 0. The van der Waals surface area contributed by atoms with Crippen molar-refractivity contribution in [3.8, 4) is 0 Å². The first kappa shape index (κ1) is 22.4. The van der Waals surface area contributed by atoms with Gasteiger partial charge in [0.05, 0.1) is 4.91 Å². The van der Waals surface area contributed by atoms with Gasteiger partial charge in [-0.05, 0) is 33.3 Å². The van der Waals surface area contributed by atoms with Crippen molar-refractivity contribution in [2.45, 2.75) is 22.7 Å². The van der Waals surface area contributed by atoms with Crippen LogP contribution in [-0.2, 0) is 21.3 Å². The van der Waals surface area contributed by atoms with Gasteiger partial charge in [0.1, 0.15) is 11.4 Å². The van der Waals surface area contributed by atoms with Crippen LogP contribution in [0.15, 0.2) is 76.6 Å². The summed E-state index contributed by atoms with van der Waals surface area (Å²) in [4.78, 5) is 27.6. The summed E-state index contributed by atoms with van der Waals surface area (Å²) < 4.78 is 12.9. The number of β-lactam (4-membered cyclic amide) rings is 1. The number of aromatic nitrogens is 4. The molecule has 5 rings (SSSR count). The van der Waals surface area contributed by atoms with Gasteiger partial charge in [-0.1, -0.05) is 60.7 Å². The Morgan fingerprint density at radius 2 is 1.79 bits per heavy atom. The fraction of sp³-hybridized carbons (Fsp3) is 0.227. The molecule has 12 heteroatoms. The highest BCUT2D eigenvalue weighted by Gasteiger charge is 2.52. The van der Waals surface area contributed by atoms with E-state index in [0.717, 1.165) is 11.1 Å². The number of hydrogen-bond acceptors (Lipinski definition) is 10. The van der Waals surface area contributed by atoms with Crippen molar-refractivity contribution in [1.82, 2.24) is 25.1 Å². The Morgan fingerprint density at radius 3 is 2.38 bits per heavy atom. The molecule has 0 aliphatic carbocycles. The molecule has 2 aromatic carbocycles. The lowest BCUT2D eigenvalue weighted by atomic mass is 10.0. The number of nitrogens with two attached hydrogens (primary N) is 1. The van der Waals surface area contributed by atoms with E-state index in [1.54, 1.807) is 7.05 Å². The van der Waals surface area contributed by atoms with Crippen molar-refractivity contribution in [3.63, 3.8) is 0 Å². The van der Waals surface area contributed by atoms with Crippen LogP contribution >= 0.6 is 23.5 Å². The van der Waals surface area contributed by atoms with E-state index in [9.17, 15) is 9.59 Å². The maximum absolute atomic E-state index is 13.0. The van der Waals surface area contributed by atoms with Crippen LogP contribution < -0.4 is 5.73 Å². The van der Waals surface area contributed by atoms with Crippen LogP contribution in [0.2, 0.25) is 0 Å². The Kier molecular flexibility index (Phi) is 6.26. The molecule has 1 amide bonds. The monoisotopic (exact) mass is 496 g/mol. The van der Waals surface area contributed by atoms with Gasteiger partial charge < -0.3 is 15.2 Å². The minimum atomic E-state index is -0.930. The first-order valence-electron chi connectivity index (χ1n) is 10.3. The van der Waals surface area contributed by atoms with Gasteiger partial charge in [-0.2, -0.15) is 0 Å². The second kappa shape index (κ2) is 9.49. The lowest BCUT2D eigenvalue weighted by Gasteiger charge is -2.47. The summed E-state index contributed by atoms with van der Waals surface area (Å²) in [5.41, 5.74) is 7.54. The summed E-state index contributed by atoms with van der Waals surface area (Å²) in [7, 11) is 1.70. The molecule has 34 heavy (non-hydrogen) atoms. The van der Waals surface area contributed by atoms with E-state index in [1.165, 1.54) is 33.1 Å². The number of tetrazole rings is 1. The van der Waals surface area contributed by atoms with Gasteiger partial charge >= 0.3 is 6.16 Å². The van der Waals surface area contributed by atoms with Crippen molar-refractivity contribution in [2.24, 2.45) is 12.8 Å². The number of nitrogens with zero attached hydrogens (tertiary/aromatic N) is 5. The third kappa shape index (κ3) is 4.27. The highest BCUT2D eigenvalue weighted by atomic mass is 32.2. The summed E-state index contributed by atoms with van der Waals surface area (Å²) in [6.07, 6.45) is -1.61. The van der Waals surface area contributed by atoms with Crippen LogP contribution in [0.5, 0.6) is 0 Å². The predicted molar refractivity (Wildman–Crippen MR) is 125 cm³/mol. The molecule has 2 aliphatic heterocycles. The molecular weight excluding hydrogens is 476 g/mol. The molecule has 3 aromatic rings. The highest BCUT2D eigenvalue weighted by molar-refractivity contribution is 8.06. The molecule has 1 saturated heterocycles. The second-order valence-electron chi connectivity index (χ2n) is 7.52. The molecule has 0 saturated carbocycles. The number of rotatable bonds is 6. The number of carbonyl (C=O) groups is 2. The molecule has 10 nitrogen and oxygen atoms in total. The molecule has 2 N–H and O–H groups in total. The molecule has 1 aromatic heterocycles. The van der Waals surface area contributed by atoms with Crippen molar-refractivity contribution in [1.29, 1.82) is 0 Å². The Bertz CT molecular complexity index is 1200. The molecular formula is C22H20N6O4S2. The standard InChI is InChI=1S/C22H20N6O4S2/c1-27-21(24-25-26-27)34-15-12-33-20-16(23)18(29)28(20)19(15)32-22(30)31-17(13-8-4-2-5-9-13)14-10-6-3-7-11-14/h2-11,16-17,20H,12,23H2,1H3/t16-,20+/m1/s1. The lowest BCUT2D eigenvalue weighted by molar-refractivity contribution is -0.144. The van der Waals surface area contributed by atoms with Gasteiger partial charge in [-0.3, -0.25) is 9.69 Å². The minimum Gasteiger partial charge on any atom is -0.421 e. The summed E-state index contributed by atoms with van der Waals surface area (Å²) in [5.74, 6) is 0.258. The normalized spacial score (nSPS) is 19.6. The molecule has 0 unspecified atom stereocenters. The molecule has 0 radical (unpaired) electrons. The van der Waals surface area contributed by atoms with Gasteiger partial charge in [0, 0.05) is 12.8 Å². The molecule has 2 aliphatic rings. The van der Waals surface area contributed by atoms with Crippen molar-refractivity contribution >= 4 is 35.6 Å². The Labute approximate surface area is 203 Å². The van der Waals surface area contributed by atoms with Crippen LogP contribution in [0, 0.1) is 0 Å². The van der Waals surface area contributed by atoms with Crippen molar-refractivity contribution < 1.29 is 19.1 Å². The zero-order valence-corrected chi connectivity index (χ0v) is 19.6. The fourth-order valence-electron chi connectivity index (χ4n) is 3.62. The molecule has 1 fully saturated rings. The number of benzene rings is 2. The number of thioether (sulfide) groups is 2. The number of amides is 1. The maximum Gasteiger partial charge on any atom is 0.516 e. The average Bonchev–Trinajstić information content (AvgIpc) is 3.28. The topological polar surface area (TPSA) is 125 Å². The van der Waals surface area contributed by atoms with E-state index >= 15 is 0 Å². The smallest absolute Gasteiger partial charge is 0.421 e. The van der Waals surface area contributed by atoms with Gasteiger partial charge in [-0.15, -0.1) is 16.9 Å². The van der Waals surface area contributed by atoms with Crippen LogP contribution in [0.25, 0.3) is 0 Å². The first-order chi connectivity index (χ1) is 16.5. The molecule has 2 atom stereocenters. The predicted octanol–water partition coefficient (Wildman–Crippen LogP) is 2.66. The van der Waals surface area contributed by atoms with Gasteiger partial charge in [0.25, 0.3) is 0 Å².